The molecular weight excluding hydrogens is 270 g/mol. The fourth-order valence-corrected chi connectivity index (χ4v) is 2.15. The number of carbonyl (C=O) groups excluding carboxylic acids is 2. The van der Waals surface area contributed by atoms with Gasteiger partial charge in [0.25, 0.3) is 5.91 Å². The summed E-state index contributed by atoms with van der Waals surface area (Å²) in [5.74, 6) is -0.636. The molecule has 0 bridgehead atoms. The number of hydrogen-bond acceptors (Lipinski definition) is 3. The number of rotatable bonds is 4. The van der Waals surface area contributed by atoms with Crippen molar-refractivity contribution < 1.29 is 9.59 Å². The molecule has 0 radical (unpaired) electrons. The number of H-pyrrole nitrogens is 1. The van der Waals surface area contributed by atoms with Crippen LogP contribution in [0.15, 0.2) is 35.1 Å². The Hall–Kier alpha value is -2.63. The highest BCUT2D eigenvalue weighted by Gasteiger charge is 2.23. The van der Waals surface area contributed by atoms with Crippen molar-refractivity contribution >= 4 is 22.7 Å². The first-order chi connectivity index (χ1) is 10.1. The Morgan fingerprint density at radius 2 is 2.00 bits per heavy atom. The van der Waals surface area contributed by atoms with Crippen molar-refractivity contribution in [1.29, 1.82) is 0 Å². The molecule has 3 rings (SSSR count). The summed E-state index contributed by atoms with van der Waals surface area (Å²) in [4.78, 5) is 38.0. The third kappa shape index (κ3) is 3.10. The zero-order valence-corrected chi connectivity index (χ0v) is 11.3. The Balaban J connectivity index is 1.77. The van der Waals surface area contributed by atoms with Crippen LogP contribution in [0.4, 0.5) is 0 Å². The molecule has 2 aromatic rings. The first kappa shape index (κ1) is 13.4. The molecule has 1 heterocycles. The lowest BCUT2D eigenvalue weighted by atomic mass is 10.1. The molecule has 0 spiro atoms. The van der Waals surface area contributed by atoms with E-state index in [0.29, 0.717) is 10.9 Å². The third-order valence-corrected chi connectivity index (χ3v) is 3.35. The lowest BCUT2D eigenvalue weighted by Crippen LogP contribution is -2.38. The van der Waals surface area contributed by atoms with Gasteiger partial charge in [-0.05, 0) is 18.9 Å². The van der Waals surface area contributed by atoms with Crippen LogP contribution in [0.5, 0.6) is 0 Å². The molecule has 0 unspecified atom stereocenters. The molecule has 1 saturated carbocycles. The zero-order valence-electron chi connectivity index (χ0n) is 11.3. The number of amides is 2. The molecule has 6 nitrogen and oxygen atoms in total. The van der Waals surface area contributed by atoms with Crippen molar-refractivity contribution in [1.82, 2.24) is 15.6 Å². The van der Waals surface area contributed by atoms with Crippen LogP contribution < -0.4 is 16.2 Å². The molecule has 108 valence electrons. The molecule has 1 aliphatic carbocycles. The summed E-state index contributed by atoms with van der Waals surface area (Å²) in [7, 11) is 0. The number of carbonyl (C=O) groups is 2. The number of pyridine rings is 1. The minimum absolute atomic E-state index is 0.0868. The maximum absolute atomic E-state index is 12.2. The number of fused-ring (bicyclic) bond motifs is 1. The molecule has 2 amide bonds. The van der Waals surface area contributed by atoms with Crippen molar-refractivity contribution in [2.75, 3.05) is 6.54 Å². The maximum atomic E-state index is 12.2. The lowest BCUT2D eigenvalue weighted by Gasteiger charge is -2.08. The largest absolute Gasteiger partial charge is 0.352 e. The molecule has 6 heteroatoms. The number of para-hydroxylation sites is 1. The van der Waals surface area contributed by atoms with Gasteiger partial charge in [0, 0.05) is 23.0 Å². The second-order valence-electron chi connectivity index (χ2n) is 5.12. The number of nitrogens with one attached hydrogen (secondary N) is 3. The SMILES string of the molecule is O=C(CNC(=O)c1cc(=O)[nH]c2ccccc12)NC1CC1. The van der Waals surface area contributed by atoms with Gasteiger partial charge in [0.05, 0.1) is 12.1 Å². The molecule has 0 atom stereocenters. The topological polar surface area (TPSA) is 91.1 Å². The fraction of sp³-hybridized carbons (Fsp3) is 0.267. The predicted octanol–water partition coefficient (Wildman–Crippen LogP) is 0.536. The molecule has 1 aromatic carbocycles. The molecule has 1 fully saturated rings. The van der Waals surface area contributed by atoms with Crippen LogP contribution in [0.3, 0.4) is 0 Å². The molecule has 0 aliphatic heterocycles. The van der Waals surface area contributed by atoms with Crippen LogP contribution in [-0.4, -0.2) is 29.4 Å². The van der Waals surface area contributed by atoms with E-state index in [4.69, 9.17) is 0 Å². The van der Waals surface area contributed by atoms with Crippen LogP contribution in [0, 0.1) is 0 Å². The van der Waals surface area contributed by atoms with Crippen molar-refractivity contribution in [3.05, 3.63) is 46.2 Å². The average molecular weight is 285 g/mol. The highest BCUT2D eigenvalue weighted by Crippen LogP contribution is 2.18. The van der Waals surface area contributed by atoms with E-state index < -0.39 is 5.91 Å². The van der Waals surface area contributed by atoms with Gasteiger partial charge in [-0.2, -0.15) is 0 Å². The van der Waals surface area contributed by atoms with Gasteiger partial charge in [0.1, 0.15) is 0 Å². The number of aromatic nitrogens is 1. The van der Waals surface area contributed by atoms with Gasteiger partial charge in [0.15, 0.2) is 0 Å². The Morgan fingerprint density at radius 1 is 1.24 bits per heavy atom. The van der Waals surface area contributed by atoms with Crippen LogP contribution in [0.2, 0.25) is 0 Å². The standard InChI is InChI=1S/C15H15N3O3/c19-13-7-11(10-3-1-2-4-12(10)18-13)15(21)16-8-14(20)17-9-5-6-9/h1-4,7,9H,5-6,8H2,(H,16,21)(H,17,20)(H,18,19). The van der Waals surface area contributed by atoms with Crippen molar-refractivity contribution in [2.24, 2.45) is 0 Å². The van der Waals surface area contributed by atoms with Crippen molar-refractivity contribution in [3.8, 4) is 0 Å². The Bertz CT molecular complexity index is 762. The van der Waals surface area contributed by atoms with Gasteiger partial charge >= 0.3 is 0 Å². The maximum Gasteiger partial charge on any atom is 0.252 e. The monoisotopic (exact) mass is 285 g/mol. The summed E-state index contributed by atoms with van der Waals surface area (Å²) in [5.41, 5.74) is 0.521. The Morgan fingerprint density at radius 3 is 2.76 bits per heavy atom. The van der Waals surface area contributed by atoms with E-state index in [1.54, 1.807) is 24.3 Å². The lowest BCUT2D eigenvalue weighted by molar-refractivity contribution is -0.120. The number of hydrogen-bond donors (Lipinski definition) is 3. The summed E-state index contributed by atoms with van der Waals surface area (Å²) >= 11 is 0. The Labute approximate surface area is 120 Å². The zero-order chi connectivity index (χ0) is 14.8. The Kier molecular flexibility index (Phi) is 3.43. The van der Waals surface area contributed by atoms with Gasteiger partial charge in [0.2, 0.25) is 11.5 Å². The molecule has 1 aliphatic rings. The summed E-state index contributed by atoms with van der Waals surface area (Å²) in [6.07, 6.45) is 2.00. The predicted molar refractivity (Wildman–Crippen MR) is 78.1 cm³/mol. The van der Waals surface area contributed by atoms with Gasteiger partial charge in [-0.3, -0.25) is 14.4 Å². The minimum atomic E-state index is -0.428. The van der Waals surface area contributed by atoms with Crippen LogP contribution >= 0.6 is 0 Å². The van der Waals surface area contributed by atoms with Gasteiger partial charge in [-0.1, -0.05) is 18.2 Å². The van der Waals surface area contributed by atoms with Gasteiger partial charge < -0.3 is 15.6 Å². The molecule has 1 aromatic heterocycles. The highest BCUT2D eigenvalue weighted by molar-refractivity contribution is 6.06. The van der Waals surface area contributed by atoms with E-state index >= 15 is 0 Å². The van der Waals surface area contributed by atoms with E-state index in [1.807, 2.05) is 0 Å². The van der Waals surface area contributed by atoms with E-state index in [1.165, 1.54) is 6.07 Å². The van der Waals surface area contributed by atoms with Crippen LogP contribution in [0.25, 0.3) is 10.9 Å². The van der Waals surface area contributed by atoms with E-state index in [9.17, 15) is 14.4 Å². The second kappa shape index (κ2) is 5.40. The van der Waals surface area contributed by atoms with Crippen LogP contribution in [-0.2, 0) is 4.79 Å². The second-order valence-corrected chi connectivity index (χ2v) is 5.12. The van der Waals surface area contributed by atoms with Gasteiger partial charge in [-0.25, -0.2) is 0 Å². The van der Waals surface area contributed by atoms with E-state index in [0.717, 1.165) is 12.8 Å². The van der Waals surface area contributed by atoms with E-state index in [-0.39, 0.29) is 29.6 Å². The van der Waals surface area contributed by atoms with E-state index in [2.05, 4.69) is 15.6 Å². The van der Waals surface area contributed by atoms with Crippen molar-refractivity contribution in [2.45, 2.75) is 18.9 Å². The third-order valence-electron chi connectivity index (χ3n) is 3.35. The highest BCUT2D eigenvalue weighted by atomic mass is 16.2. The molecule has 21 heavy (non-hydrogen) atoms. The summed E-state index contributed by atoms with van der Waals surface area (Å²) < 4.78 is 0. The smallest absolute Gasteiger partial charge is 0.252 e. The first-order valence-electron chi connectivity index (χ1n) is 6.83. The number of benzene rings is 1. The number of aromatic amines is 1. The van der Waals surface area contributed by atoms with Crippen LogP contribution in [0.1, 0.15) is 23.2 Å². The summed E-state index contributed by atoms with van der Waals surface area (Å²) in [6, 6.07) is 8.56. The van der Waals surface area contributed by atoms with Crippen molar-refractivity contribution in [3.63, 3.8) is 0 Å². The first-order valence-corrected chi connectivity index (χ1v) is 6.83. The summed E-state index contributed by atoms with van der Waals surface area (Å²) in [6.45, 7) is -0.0868. The molecular formula is C15H15N3O3. The quantitative estimate of drug-likeness (QED) is 0.765. The normalized spacial score (nSPS) is 13.9. The molecule has 3 N–H and O–H groups in total. The minimum Gasteiger partial charge on any atom is -0.352 e. The average Bonchev–Trinajstić information content (AvgIpc) is 3.27. The van der Waals surface area contributed by atoms with Gasteiger partial charge in [-0.15, -0.1) is 0 Å². The fourth-order valence-electron chi connectivity index (χ4n) is 2.15. The summed E-state index contributed by atoms with van der Waals surface area (Å²) in [5, 5.41) is 5.99. The molecule has 0 saturated heterocycles.